The molecule has 0 saturated heterocycles. The largest absolute Gasteiger partial charge is 0.493 e. The van der Waals surface area contributed by atoms with Gasteiger partial charge in [0.05, 0.1) is 33.3 Å². The first-order valence-corrected chi connectivity index (χ1v) is 10.6. The lowest BCUT2D eigenvalue weighted by Crippen LogP contribution is -2.17. The van der Waals surface area contributed by atoms with Gasteiger partial charge in [-0.25, -0.2) is 4.79 Å². The van der Waals surface area contributed by atoms with Gasteiger partial charge in [0.25, 0.3) is 0 Å². The second-order valence-electron chi connectivity index (χ2n) is 7.13. The first-order valence-electron chi connectivity index (χ1n) is 9.74. The number of ether oxygens (including phenoxy) is 3. The number of benzene rings is 1. The molecule has 6 nitrogen and oxygen atoms in total. The molecule has 0 radical (unpaired) electrons. The van der Waals surface area contributed by atoms with Crippen LogP contribution in [-0.2, 0) is 28.8 Å². The smallest absolute Gasteiger partial charge is 0.341 e. The average molecular weight is 418 g/mol. The summed E-state index contributed by atoms with van der Waals surface area (Å²) < 4.78 is 15.5. The number of anilines is 1. The van der Waals surface area contributed by atoms with E-state index in [2.05, 4.69) is 12.2 Å². The fourth-order valence-electron chi connectivity index (χ4n) is 3.76. The molecule has 156 valence electrons. The number of nitrogens with one attached hydrogen (secondary N) is 1. The van der Waals surface area contributed by atoms with Crippen LogP contribution in [-0.4, -0.2) is 33.2 Å². The number of carbonyl (C=O) groups excluding carboxylic acids is 2. The van der Waals surface area contributed by atoms with E-state index in [1.54, 1.807) is 26.4 Å². The van der Waals surface area contributed by atoms with Gasteiger partial charge in [-0.05, 0) is 48.4 Å². The molecule has 1 heterocycles. The maximum atomic E-state index is 12.7. The zero-order valence-corrected chi connectivity index (χ0v) is 18.1. The highest BCUT2D eigenvalue weighted by Crippen LogP contribution is 2.41. The molecule has 1 unspecified atom stereocenters. The molecule has 1 aromatic heterocycles. The van der Waals surface area contributed by atoms with Gasteiger partial charge < -0.3 is 19.5 Å². The minimum atomic E-state index is -0.390. The lowest BCUT2D eigenvalue weighted by molar-refractivity contribution is -0.115. The van der Waals surface area contributed by atoms with Gasteiger partial charge in [-0.15, -0.1) is 11.3 Å². The van der Waals surface area contributed by atoms with Gasteiger partial charge in [-0.3, -0.25) is 4.79 Å². The Morgan fingerprint density at radius 3 is 2.59 bits per heavy atom. The number of carbonyl (C=O) groups is 2. The number of hydrogen-bond acceptors (Lipinski definition) is 6. The van der Waals surface area contributed by atoms with Crippen molar-refractivity contribution < 1.29 is 23.8 Å². The summed E-state index contributed by atoms with van der Waals surface area (Å²) in [6.07, 6.45) is 4.14. The van der Waals surface area contributed by atoms with Crippen LogP contribution >= 0.6 is 11.3 Å². The van der Waals surface area contributed by atoms with Crippen molar-refractivity contribution in [3.05, 3.63) is 39.8 Å². The first-order chi connectivity index (χ1) is 14.0. The number of methoxy groups -OCH3 is 3. The van der Waals surface area contributed by atoms with Crippen molar-refractivity contribution in [3.63, 3.8) is 0 Å². The van der Waals surface area contributed by atoms with E-state index < -0.39 is 0 Å². The molecular formula is C22H27NO5S. The summed E-state index contributed by atoms with van der Waals surface area (Å²) in [4.78, 5) is 26.3. The molecule has 1 aromatic carbocycles. The Kier molecular flexibility index (Phi) is 6.79. The topological polar surface area (TPSA) is 73.9 Å². The standard InChI is InChI=1S/C22H27NO5S/c1-5-13-6-8-15-18(11-13)29-21(20(15)22(25)28-4)23-19(24)12-14-7-9-16(26-2)17(10-14)27-3/h7,9-10,13H,5-6,8,11-12H2,1-4H3,(H,23,24). The van der Waals surface area contributed by atoms with Gasteiger partial charge in [-0.1, -0.05) is 19.4 Å². The van der Waals surface area contributed by atoms with Gasteiger partial charge in [0, 0.05) is 4.88 Å². The highest BCUT2D eigenvalue weighted by molar-refractivity contribution is 7.17. The lowest BCUT2D eigenvalue weighted by Gasteiger charge is -2.20. The molecule has 29 heavy (non-hydrogen) atoms. The molecule has 0 aliphatic heterocycles. The Balaban J connectivity index is 1.81. The van der Waals surface area contributed by atoms with Gasteiger partial charge in [0.2, 0.25) is 5.91 Å². The number of amides is 1. The van der Waals surface area contributed by atoms with Crippen LogP contribution in [0.5, 0.6) is 11.5 Å². The summed E-state index contributed by atoms with van der Waals surface area (Å²) >= 11 is 1.50. The molecule has 1 N–H and O–H groups in total. The lowest BCUT2D eigenvalue weighted by atomic mass is 9.85. The third kappa shape index (κ3) is 4.56. The van der Waals surface area contributed by atoms with E-state index in [-0.39, 0.29) is 18.3 Å². The maximum absolute atomic E-state index is 12.7. The third-order valence-electron chi connectivity index (χ3n) is 5.40. The van der Waals surface area contributed by atoms with Crippen LogP contribution in [0.15, 0.2) is 18.2 Å². The number of esters is 1. The Morgan fingerprint density at radius 2 is 1.93 bits per heavy atom. The molecule has 1 atom stereocenters. The molecular weight excluding hydrogens is 390 g/mol. The second-order valence-corrected chi connectivity index (χ2v) is 8.24. The van der Waals surface area contributed by atoms with Crippen LogP contribution in [0, 0.1) is 5.92 Å². The van der Waals surface area contributed by atoms with Gasteiger partial charge in [0.15, 0.2) is 11.5 Å². The Hall–Kier alpha value is -2.54. The second kappa shape index (κ2) is 9.31. The molecule has 1 amide bonds. The van der Waals surface area contributed by atoms with Crippen molar-refractivity contribution in [2.45, 2.75) is 39.0 Å². The van der Waals surface area contributed by atoms with Crippen molar-refractivity contribution in [2.75, 3.05) is 26.6 Å². The van der Waals surface area contributed by atoms with Crippen molar-refractivity contribution >= 4 is 28.2 Å². The zero-order valence-electron chi connectivity index (χ0n) is 17.3. The first kappa shape index (κ1) is 21.2. The monoisotopic (exact) mass is 417 g/mol. The molecule has 1 aliphatic rings. The zero-order chi connectivity index (χ0) is 21.0. The van der Waals surface area contributed by atoms with Crippen LogP contribution in [0.1, 0.15) is 46.1 Å². The minimum Gasteiger partial charge on any atom is -0.493 e. The van der Waals surface area contributed by atoms with Gasteiger partial charge >= 0.3 is 5.97 Å². The molecule has 0 spiro atoms. The van der Waals surface area contributed by atoms with Crippen LogP contribution in [0.3, 0.4) is 0 Å². The molecule has 1 aliphatic carbocycles. The predicted molar refractivity (Wildman–Crippen MR) is 113 cm³/mol. The Labute approximate surface area is 175 Å². The summed E-state index contributed by atoms with van der Waals surface area (Å²) in [5.41, 5.74) is 2.35. The van der Waals surface area contributed by atoms with Crippen molar-refractivity contribution in [1.82, 2.24) is 0 Å². The molecule has 2 aromatic rings. The van der Waals surface area contributed by atoms with E-state index in [1.165, 1.54) is 23.3 Å². The van der Waals surface area contributed by atoms with Crippen molar-refractivity contribution in [1.29, 1.82) is 0 Å². The summed E-state index contributed by atoms with van der Waals surface area (Å²) in [6.45, 7) is 2.19. The highest BCUT2D eigenvalue weighted by Gasteiger charge is 2.29. The van der Waals surface area contributed by atoms with E-state index in [0.717, 1.165) is 36.8 Å². The fourth-order valence-corrected chi connectivity index (χ4v) is 5.12. The fraction of sp³-hybridized carbons (Fsp3) is 0.455. The summed E-state index contributed by atoms with van der Waals surface area (Å²) in [5, 5.41) is 3.52. The normalized spacial score (nSPS) is 15.4. The predicted octanol–water partition coefficient (Wildman–Crippen LogP) is 4.25. The average Bonchev–Trinajstić information content (AvgIpc) is 3.09. The number of thiophene rings is 1. The quantitative estimate of drug-likeness (QED) is 0.682. The van der Waals surface area contributed by atoms with Crippen molar-refractivity contribution in [2.24, 2.45) is 5.92 Å². The summed E-state index contributed by atoms with van der Waals surface area (Å²) in [5.74, 6) is 1.24. The SMILES string of the molecule is CCC1CCc2c(sc(NC(=O)Cc3ccc(OC)c(OC)c3)c2C(=O)OC)C1. The summed E-state index contributed by atoms with van der Waals surface area (Å²) in [7, 11) is 4.50. The van der Waals surface area contributed by atoms with E-state index in [9.17, 15) is 9.59 Å². The van der Waals surface area contributed by atoms with Crippen LogP contribution in [0.25, 0.3) is 0 Å². The van der Waals surface area contributed by atoms with Crippen molar-refractivity contribution in [3.8, 4) is 11.5 Å². The van der Waals surface area contributed by atoms with Crippen LogP contribution in [0.4, 0.5) is 5.00 Å². The van der Waals surface area contributed by atoms with Gasteiger partial charge in [-0.2, -0.15) is 0 Å². The number of hydrogen-bond donors (Lipinski definition) is 1. The Morgan fingerprint density at radius 1 is 1.17 bits per heavy atom. The molecule has 0 fully saturated rings. The van der Waals surface area contributed by atoms with Crippen LogP contribution in [0.2, 0.25) is 0 Å². The molecule has 3 rings (SSSR count). The molecule has 0 bridgehead atoms. The maximum Gasteiger partial charge on any atom is 0.341 e. The number of fused-ring (bicyclic) bond motifs is 1. The van der Waals surface area contributed by atoms with E-state index in [0.29, 0.717) is 28.0 Å². The molecule has 7 heteroatoms. The Bertz CT molecular complexity index is 905. The van der Waals surface area contributed by atoms with E-state index in [4.69, 9.17) is 14.2 Å². The highest BCUT2D eigenvalue weighted by atomic mass is 32.1. The molecule has 0 saturated carbocycles. The summed E-state index contributed by atoms with van der Waals surface area (Å²) in [6, 6.07) is 5.38. The van der Waals surface area contributed by atoms with E-state index in [1.807, 2.05) is 6.07 Å². The third-order valence-corrected chi connectivity index (χ3v) is 6.57. The minimum absolute atomic E-state index is 0.168. The number of rotatable bonds is 7. The van der Waals surface area contributed by atoms with Crippen LogP contribution < -0.4 is 14.8 Å². The van der Waals surface area contributed by atoms with Gasteiger partial charge in [0.1, 0.15) is 5.00 Å². The van der Waals surface area contributed by atoms with E-state index >= 15 is 0 Å².